The predicted molar refractivity (Wildman–Crippen MR) is 66.8 cm³/mol. The summed E-state index contributed by atoms with van der Waals surface area (Å²) in [5.41, 5.74) is 1.29. The van der Waals surface area contributed by atoms with Crippen LogP contribution in [-0.4, -0.2) is 18.0 Å². The lowest BCUT2D eigenvalue weighted by atomic mass is 9.99. The van der Waals surface area contributed by atoms with Crippen molar-refractivity contribution in [2.75, 3.05) is 13.2 Å². The molecule has 0 saturated carbocycles. The molecule has 0 amide bonds. The van der Waals surface area contributed by atoms with E-state index in [-0.39, 0.29) is 0 Å². The second kappa shape index (κ2) is 5.33. The molecule has 0 aliphatic carbocycles. The summed E-state index contributed by atoms with van der Waals surface area (Å²) in [6.45, 7) is 1.79. The van der Waals surface area contributed by atoms with Crippen molar-refractivity contribution in [2.45, 2.75) is 17.7 Å². The maximum absolute atomic E-state index is 5.95. The number of hydrogen-bond donors (Lipinski definition) is 0. The molecule has 0 radical (unpaired) electrons. The third-order valence-corrected chi connectivity index (χ3v) is 4.10. The van der Waals surface area contributed by atoms with E-state index in [2.05, 4.69) is 22.0 Å². The summed E-state index contributed by atoms with van der Waals surface area (Å²) < 4.78 is 5.38. The van der Waals surface area contributed by atoms with E-state index < -0.39 is 0 Å². The lowest BCUT2D eigenvalue weighted by Crippen LogP contribution is -2.16. The number of rotatable bonds is 3. The second-order valence-electron chi connectivity index (χ2n) is 3.97. The topological polar surface area (TPSA) is 9.23 Å². The van der Waals surface area contributed by atoms with Crippen LogP contribution in [0.5, 0.6) is 0 Å². The van der Waals surface area contributed by atoms with E-state index >= 15 is 0 Å². The van der Waals surface area contributed by atoms with Crippen molar-refractivity contribution < 1.29 is 4.74 Å². The molecule has 3 heteroatoms. The van der Waals surface area contributed by atoms with Crippen LogP contribution in [0.15, 0.2) is 24.3 Å². The molecular weight excluding hydrogens is 275 g/mol. The summed E-state index contributed by atoms with van der Waals surface area (Å²) >= 11 is 9.69. The van der Waals surface area contributed by atoms with Gasteiger partial charge in [0.25, 0.3) is 0 Å². The summed E-state index contributed by atoms with van der Waals surface area (Å²) in [7, 11) is 0. The zero-order valence-corrected chi connectivity index (χ0v) is 10.8. The van der Waals surface area contributed by atoms with Crippen molar-refractivity contribution in [3.05, 3.63) is 34.9 Å². The summed E-state index contributed by atoms with van der Waals surface area (Å²) in [4.78, 5) is 0.499. The first-order valence-corrected chi connectivity index (χ1v) is 6.51. The van der Waals surface area contributed by atoms with Gasteiger partial charge in [-0.1, -0.05) is 39.7 Å². The monoisotopic (exact) mass is 288 g/mol. The minimum atomic E-state index is 0.499. The van der Waals surface area contributed by atoms with Crippen LogP contribution in [0.25, 0.3) is 0 Å². The van der Waals surface area contributed by atoms with Gasteiger partial charge in [-0.05, 0) is 36.5 Å². The Morgan fingerprint density at radius 2 is 2.40 bits per heavy atom. The van der Waals surface area contributed by atoms with Crippen molar-refractivity contribution in [2.24, 2.45) is 5.92 Å². The highest BCUT2D eigenvalue weighted by Crippen LogP contribution is 2.26. The standard InChI is InChI=1S/C12H14BrClO/c13-12(10-4-5-15-8-10)7-9-2-1-3-11(14)6-9/h1-3,6,10,12H,4-5,7-8H2. The minimum absolute atomic E-state index is 0.499. The van der Waals surface area contributed by atoms with E-state index in [1.807, 2.05) is 18.2 Å². The van der Waals surface area contributed by atoms with Gasteiger partial charge < -0.3 is 4.74 Å². The van der Waals surface area contributed by atoms with Gasteiger partial charge in [-0.3, -0.25) is 0 Å². The number of hydrogen-bond acceptors (Lipinski definition) is 1. The van der Waals surface area contributed by atoms with Crippen LogP contribution in [0, 0.1) is 5.92 Å². The summed E-state index contributed by atoms with van der Waals surface area (Å²) in [6, 6.07) is 8.07. The van der Waals surface area contributed by atoms with Crippen LogP contribution in [-0.2, 0) is 11.2 Å². The molecular formula is C12H14BrClO. The Labute approximate surface area is 104 Å². The van der Waals surface area contributed by atoms with Crippen molar-refractivity contribution >= 4 is 27.5 Å². The van der Waals surface area contributed by atoms with E-state index in [0.717, 1.165) is 31.1 Å². The molecule has 82 valence electrons. The lowest BCUT2D eigenvalue weighted by Gasteiger charge is -2.15. The Kier molecular flexibility index (Phi) is 4.06. The van der Waals surface area contributed by atoms with Crippen LogP contribution >= 0.6 is 27.5 Å². The zero-order valence-electron chi connectivity index (χ0n) is 8.46. The van der Waals surface area contributed by atoms with Gasteiger partial charge in [-0.25, -0.2) is 0 Å². The molecule has 2 atom stereocenters. The van der Waals surface area contributed by atoms with Crippen molar-refractivity contribution in [1.82, 2.24) is 0 Å². The molecule has 2 rings (SSSR count). The molecule has 15 heavy (non-hydrogen) atoms. The number of ether oxygens (including phenoxy) is 1. The fourth-order valence-corrected chi connectivity index (χ4v) is 2.90. The Balaban J connectivity index is 1.95. The van der Waals surface area contributed by atoms with Crippen LogP contribution in [0.2, 0.25) is 5.02 Å². The van der Waals surface area contributed by atoms with E-state index in [1.165, 1.54) is 5.56 Å². The second-order valence-corrected chi connectivity index (χ2v) is 5.59. The molecule has 1 heterocycles. The highest BCUT2D eigenvalue weighted by molar-refractivity contribution is 9.09. The first-order chi connectivity index (χ1) is 7.25. The van der Waals surface area contributed by atoms with Crippen LogP contribution in [0.4, 0.5) is 0 Å². The Bertz CT molecular complexity index is 323. The number of halogens is 2. The zero-order chi connectivity index (χ0) is 10.7. The number of benzene rings is 1. The van der Waals surface area contributed by atoms with E-state index in [1.54, 1.807) is 0 Å². The van der Waals surface area contributed by atoms with Gasteiger partial charge in [0.05, 0.1) is 6.61 Å². The van der Waals surface area contributed by atoms with Gasteiger partial charge in [-0.2, -0.15) is 0 Å². The molecule has 0 bridgehead atoms. The first kappa shape index (κ1) is 11.4. The van der Waals surface area contributed by atoms with Crippen molar-refractivity contribution in [3.63, 3.8) is 0 Å². The van der Waals surface area contributed by atoms with E-state index in [9.17, 15) is 0 Å². The lowest BCUT2D eigenvalue weighted by molar-refractivity contribution is 0.185. The average molecular weight is 290 g/mol. The van der Waals surface area contributed by atoms with Crippen LogP contribution < -0.4 is 0 Å². The molecule has 1 saturated heterocycles. The normalized spacial score (nSPS) is 22.9. The Morgan fingerprint density at radius 3 is 3.07 bits per heavy atom. The highest BCUT2D eigenvalue weighted by Gasteiger charge is 2.23. The number of alkyl halides is 1. The quantitative estimate of drug-likeness (QED) is 0.771. The first-order valence-electron chi connectivity index (χ1n) is 5.22. The van der Waals surface area contributed by atoms with E-state index in [0.29, 0.717) is 10.7 Å². The molecule has 2 unspecified atom stereocenters. The SMILES string of the molecule is Clc1cccc(CC(Br)C2CCOC2)c1. The minimum Gasteiger partial charge on any atom is -0.381 e. The molecule has 1 nitrogen and oxygen atoms in total. The van der Waals surface area contributed by atoms with Crippen molar-refractivity contribution in [1.29, 1.82) is 0 Å². The summed E-state index contributed by atoms with van der Waals surface area (Å²) in [6.07, 6.45) is 2.19. The molecule has 1 aliphatic heterocycles. The van der Waals surface area contributed by atoms with Crippen molar-refractivity contribution in [3.8, 4) is 0 Å². The Hall–Kier alpha value is -0.0500. The maximum atomic E-state index is 5.95. The van der Waals surface area contributed by atoms with Crippen LogP contribution in [0.3, 0.4) is 0 Å². The fourth-order valence-electron chi connectivity index (χ4n) is 1.89. The third kappa shape index (κ3) is 3.20. The molecule has 0 aromatic heterocycles. The van der Waals surface area contributed by atoms with Gasteiger partial charge >= 0.3 is 0 Å². The molecule has 0 spiro atoms. The van der Waals surface area contributed by atoms with Gasteiger partial charge in [0.1, 0.15) is 0 Å². The molecule has 1 aromatic rings. The summed E-state index contributed by atoms with van der Waals surface area (Å²) in [5.74, 6) is 0.643. The average Bonchev–Trinajstić information content (AvgIpc) is 2.70. The maximum Gasteiger partial charge on any atom is 0.0505 e. The smallest absolute Gasteiger partial charge is 0.0505 e. The molecule has 1 fully saturated rings. The molecule has 1 aliphatic rings. The fraction of sp³-hybridized carbons (Fsp3) is 0.500. The van der Waals surface area contributed by atoms with Gasteiger partial charge in [0, 0.05) is 16.5 Å². The van der Waals surface area contributed by atoms with Gasteiger partial charge in [0.15, 0.2) is 0 Å². The Morgan fingerprint density at radius 1 is 1.53 bits per heavy atom. The van der Waals surface area contributed by atoms with Gasteiger partial charge in [-0.15, -0.1) is 0 Å². The third-order valence-electron chi connectivity index (χ3n) is 2.80. The summed E-state index contributed by atoms with van der Waals surface area (Å²) in [5, 5.41) is 0.815. The van der Waals surface area contributed by atoms with Gasteiger partial charge in [0.2, 0.25) is 0 Å². The largest absolute Gasteiger partial charge is 0.381 e. The predicted octanol–water partition coefficient (Wildman–Crippen LogP) is 3.68. The molecule has 0 N–H and O–H groups in total. The molecule has 1 aromatic carbocycles. The van der Waals surface area contributed by atoms with Crippen LogP contribution in [0.1, 0.15) is 12.0 Å². The van der Waals surface area contributed by atoms with E-state index in [4.69, 9.17) is 16.3 Å². The highest BCUT2D eigenvalue weighted by atomic mass is 79.9.